The molecular formula is C13H14ClNO2. The van der Waals surface area contributed by atoms with Crippen LogP contribution in [-0.2, 0) is 16.0 Å². The summed E-state index contributed by atoms with van der Waals surface area (Å²) in [5.41, 5.74) is 1.15. The summed E-state index contributed by atoms with van der Waals surface area (Å²) in [5.74, 6) is 0.00737. The summed E-state index contributed by atoms with van der Waals surface area (Å²) >= 11 is 5.80. The van der Waals surface area contributed by atoms with Crippen LogP contribution in [0.4, 0.5) is 0 Å². The molecule has 0 radical (unpaired) electrons. The molecule has 17 heavy (non-hydrogen) atoms. The Morgan fingerprint density at radius 1 is 1.18 bits per heavy atom. The predicted molar refractivity (Wildman–Crippen MR) is 66.0 cm³/mol. The van der Waals surface area contributed by atoms with Crippen LogP contribution in [-0.4, -0.2) is 29.7 Å². The van der Waals surface area contributed by atoms with Crippen molar-refractivity contribution in [1.82, 2.24) is 4.90 Å². The number of piperidine rings is 1. The number of Topliss-reactive ketones (excluding diaryl/α,β-unsaturated/α-hetero) is 1. The summed E-state index contributed by atoms with van der Waals surface area (Å²) in [6.07, 6.45) is 1.37. The van der Waals surface area contributed by atoms with Gasteiger partial charge in [-0.2, -0.15) is 0 Å². The normalized spacial score (nSPS) is 16.4. The SMILES string of the molecule is O=C1CCN(CCc2ccc(Cl)cc2)C(=O)C1. The van der Waals surface area contributed by atoms with Gasteiger partial charge in [0.05, 0.1) is 6.42 Å². The first-order chi connectivity index (χ1) is 8.15. The van der Waals surface area contributed by atoms with Crippen LogP contribution >= 0.6 is 11.6 Å². The van der Waals surface area contributed by atoms with E-state index in [-0.39, 0.29) is 18.1 Å². The summed E-state index contributed by atoms with van der Waals surface area (Å²) < 4.78 is 0. The summed E-state index contributed by atoms with van der Waals surface area (Å²) in [6.45, 7) is 1.24. The second-order valence-corrected chi connectivity index (χ2v) is 4.66. The fourth-order valence-corrected chi connectivity index (χ4v) is 2.03. The minimum Gasteiger partial charge on any atom is -0.342 e. The lowest BCUT2D eigenvalue weighted by molar-refractivity contribution is -0.139. The van der Waals surface area contributed by atoms with Gasteiger partial charge in [-0.1, -0.05) is 23.7 Å². The number of rotatable bonds is 3. The predicted octanol–water partition coefficient (Wildman–Crippen LogP) is 2.07. The highest BCUT2D eigenvalue weighted by atomic mass is 35.5. The molecule has 0 unspecified atom stereocenters. The molecule has 0 aliphatic carbocycles. The van der Waals surface area contributed by atoms with E-state index in [0.29, 0.717) is 24.5 Å². The topological polar surface area (TPSA) is 37.4 Å². The molecule has 1 aromatic carbocycles. The lowest BCUT2D eigenvalue weighted by Gasteiger charge is -2.26. The maximum Gasteiger partial charge on any atom is 0.230 e. The average molecular weight is 252 g/mol. The zero-order valence-electron chi connectivity index (χ0n) is 9.49. The van der Waals surface area contributed by atoms with Crippen molar-refractivity contribution in [1.29, 1.82) is 0 Å². The zero-order valence-corrected chi connectivity index (χ0v) is 10.2. The van der Waals surface area contributed by atoms with E-state index >= 15 is 0 Å². The van der Waals surface area contributed by atoms with Gasteiger partial charge in [0.2, 0.25) is 5.91 Å². The summed E-state index contributed by atoms with van der Waals surface area (Å²) in [7, 11) is 0. The fourth-order valence-electron chi connectivity index (χ4n) is 1.90. The Bertz CT molecular complexity index is 428. The third-order valence-electron chi connectivity index (χ3n) is 2.95. The molecule has 1 fully saturated rings. The molecule has 0 saturated carbocycles. The van der Waals surface area contributed by atoms with Crippen molar-refractivity contribution < 1.29 is 9.59 Å². The van der Waals surface area contributed by atoms with Crippen LogP contribution in [0.25, 0.3) is 0 Å². The van der Waals surface area contributed by atoms with Crippen molar-refractivity contribution in [2.24, 2.45) is 0 Å². The van der Waals surface area contributed by atoms with Crippen molar-refractivity contribution in [3.8, 4) is 0 Å². The number of carbonyl (C=O) groups is 2. The second kappa shape index (κ2) is 5.32. The number of benzene rings is 1. The lowest BCUT2D eigenvalue weighted by atomic mass is 10.1. The molecule has 0 spiro atoms. The van der Waals surface area contributed by atoms with Gasteiger partial charge in [0, 0.05) is 24.5 Å². The van der Waals surface area contributed by atoms with E-state index in [9.17, 15) is 9.59 Å². The number of hydrogen-bond donors (Lipinski definition) is 0. The van der Waals surface area contributed by atoms with Crippen molar-refractivity contribution in [3.05, 3.63) is 34.9 Å². The van der Waals surface area contributed by atoms with E-state index in [1.165, 1.54) is 0 Å². The number of carbonyl (C=O) groups excluding carboxylic acids is 2. The van der Waals surface area contributed by atoms with E-state index in [1.54, 1.807) is 4.90 Å². The first-order valence-corrected chi connectivity index (χ1v) is 6.07. The summed E-state index contributed by atoms with van der Waals surface area (Å²) in [6, 6.07) is 7.61. The first-order valence-electron chi connectivity index (χ1n) is 5.69. The number of amides is 1. The smallest absolute Gasteiger partial charge is 0.230 e. The van der Waals surface area contributed by atoms with Gasteiger partial charge in [0.15, 0.2) is 0 Å². The summed E-state index contributed by atoms with van der Waals surface area (Å²) in [4.78, 5) is 24.4. The minimum absolute atomic E-state index is 0.0461. The Labute approximate surface area is 105 Å². The minimum atomic E-state index is -0.0461. The van der Waals surface area contributed by atoms with Crippen LogP contribution in [0.3, 0.4) is 0 Å². The highest BCUT2D eigenvalue weighted by molar-refractivity contribution is 6.30. The highest BCUT2D eigenvalue weighted by Crippen LogP contribution is 2.12. The van der Waals surface area contributed by atoms with Crippen molar-refractivity contribution >= 4 is 23.3 Å². The largest absolute Gasteiger partial charge is 0.342 e. The van der Waals surface area contributed by atoms with Crippen LogP contribution in [0, 0.1) is 0 Å². The van der Waals surface area contributed by atoms with Crippen molar-refractivity contribution in [3.63, 3.8) is 0 Å². The molecule has 1 saturated heterocycles. The van der Waals surface area contributed by atoms with Crippen LogP contribution in [0.1, 0.15) is 18.4 Å². The molecule has 2 rings (SSSR count). The molecule has 1 aromatic rings. The van der Waals surface area contributed by atoms with Crippen LogP contribution < -0.4 is 0 Å². The maximum atomic E-state index is 11.6. The van der Waals surface area contributed by atoms with Gasteiger partial charge in [-0.15, -0.1) is 0 Å². The lowest BCUT2D eigenvalue weighted by Crippen LogP contribution is -2.40. The van der Waals surface area contributed by atoms with E-state index < -0.39 is 0 Å². The third-order valence-corrected chi connectivity index (χ3v) is 3.20. The monoisotopic (exact) mass is 251 g/mol. The van der Waals surface area contributed by atoms with Gasteiger partial charge < -0.3 is 4.90 Å². The molecule has 0 N–H and O–H groups in total. The molecule has 90 valence electrons. The van der Waals surface area contributed by atoms with E-state index in [1.807, 2.05) is 24.3 Å². The van der Waals surface area contributed by atoms with Gasteiger partial charge in [-0.05, 0) is 24.1 Å². The number of likely N-dealkylation sites (tertiary alicyclic amines) is 1. The van der Waals surface area contributed by atoms with Crippen LogP contribution in [0.15, 0.2) is 24.3 Å². The molecule has 0 bridgehead atoms. The number of ketones is 1. The average Bonchev–Trinajstić information content (AvgIpc) is 2.30. The van der Waals surface area contributed by atoms with E-state index in [2.05, 4.69) is 0 Å². The van der Waals surface area contributed by atoms with Gasteiger partial charge in [-0.3, -0.25) is 9.59 Å². The van der Waals surface area contributed by atoms with Crippen molar-refractivity contribution in [2.75, 3.05) is 13.1 Å². The second-order valence-electron chi connectivity index (χ2n) is 4.22. The maximum absolute atomic E-state index is 11.6. The molecule has 1 amide bonds. The van der Waals surface area contributed by atoms with Gasteiger partial charge in [0.25, 0.3) is 0 Å². The number of hydrogen-bond acceptors (Lipinski definition) is 2. The number of nitrogens with zero attached hydrogens (tertiary/aromatic N) is 1. The Balaban J connectivity index is 1.88. The molecular weight excluding hydrogens is 238 g/mol. The van der Waals surface area contributed by atoms with Gasteiger partial charge in [-0.25, -0.2) is 0 Å². The van der Waals surface area contributed by atoms with Gasteiger partial charge in [0.1, 0.15) is 5.78 Å². The summed E-state index contributed by atoms with van der Waals surface area (Å²) in [5, 5.41) is 0.716. The fraction of sp³-hybridized carbons (Fsp3) is 0.385. The van der Waals surface area contributed by atoms with E-state index in [0.717, 1.165) is 12.0 Å². The standard InChI is InChI=1S/C13H14ClNO2/c14-11-3-1-10(2-4-11)5-7-15-8-6-12(16)9-13(15)17/h1-4H,5-9H2. The molecule has 3 nitrogen and oxygen atoms in total. The van der Waals surface area contributed by atoms with Crippen LogP contribution in [0.5, 0.6) is 0 Å². The molecule has 1 aliphatic heterocycles. The Morgan fingerprint density at radius 3 is 2.53 bits per heavy atom. The van der Waals surface area contributed by atoms with Gasteiger partial charge >= 0.3 is 0 Å². The third kappa shape index (κ3) is 3.30. The quantitative estimate of drug-likeness (QED) is 0.772. The zero-order chi connectivity index (χ0) is 12.3. The van der Waals surface area contributed by atoms with Crippen molar-refractivity contribution in [2.45, 2.75) is 19.3 Å². The molecule has 0 atom stereocenters. The Kier molecular flexibility index (Phi) is 3.79. The van der Waals surface area contributed by atoms with E-state index in [4.69, 9.17) is 11.6 Å². The Morgan fingerprint density at radius 2 is 1.88 bits per heavy atom. The van der Waals surface area contributed by atoms with Crippen LogP contribution in [0.2, 0.25) is 5.02 Å². The molecule has 1 aliphatic rings. The molecule has 1 heterocycles. The highest BCUT2D eigenvalue weighted by Gasteiger charge is 2.22. The first kappa shape index (κ1) is 12.1. The molecule has 4 heteroatoms. The Hall–Kier alpha value is -1.35. The molecule has 0 aromatic heterocycles. The number of halogens is 1.